The molecule has 15 heavy (non-hydrogen) atoms. The van der Waals surface area contributed by atoms with Gasteiger partial charge in [-0.25, -0.2) is 0 Å². The molecule has 86 valence electrons. The summed E-state index contributed by atoms with van der Waals surface area (Å²) in [6, 6.07) is 0. The number of rotatable bonds is 3. The summed E-state index contributed by atoms with van der Waals surface area (Å²) in [5.41, 5.74) is 0. The average Bonchev–Trinajstić information content (AvgIpc) is 2.19. The maximum atomic E-state index is 11.5. The van der Waals surface area contributed by atoms with Crippen LogP contribution in [-0.2, 0) is 14.3 Å². The van der Waals surface area contributed by atoms with E-state index in [2.05, 4.69) is 23.5 Å². The van der Waals surface area contributed by atoms with E-state index >= 15 is 0 Å². The van der Waals surface area contributed by atoms with Crippen molar-refractivity contribution in [2.24, 2.45) is 11.8 Å². The summed E-state index contributed by atoms with van der Waals surface area (Å²) < 4.78 is 4.63. The van der Waals surface area contributed by atoms with Crippen LogP contribution >= 0.6 is 0 Å². The van der Waals surface area contributed by atoms with Gasteiger partial charge in [0.25, 0.3) is 0 Å². The lowest BCUT2D eigenvalue weighted by atomic mass is 9.96. The Morgan fingerprint density at radius 1 is 1.60 bits per heavy atom. The molecule has 0 aromatic carbocycles. The van der Waals surface area contributed by atoms with E-state index < -0.39 is 11.9 Å². The number of ketones is 1. The van der Waals surface area contributed by atoms with Crippen molar-refractivity contribution < 1.29 is 14.3 Å². The fraction of sp³-hybridized carbons (Fsp3) is 0.818. The van der Waals surface area contributed by atoms with E-state index in [0.29, 0.717) is 18.9 Å². The minimum absolute atomic E-state index is 0.0156. The molecule has 0 N–H and O–H groups in total. The smallest absolute Gasteiger partial charge is 0.317 e. The summed E-state index contributed by atoms with van der Waals surface area (Å²) >= 11 is 0. The molecule has 4 nitrogen and oxygen atoms in total. The molecule has 0 saturated carbocycles. The number of Topliss-reactive ketones (excluding diaryl/α,β-unsaturated/α-hetero) is 1. The van der Waals surface area contributed by atoms with Gasteiger partial charge < -0.3 is 9.64 Å². The Morgan fingerprint density at radius 3 is 2.80 bits per heavy atom. The molecule has 1 aliphatic rings. The molecule has 1 atom stereocenters. The number of esters is 1. The summed E-state index contributed by atoms with van der Waals surface area (Å²) in [5, 5.41) is 0. The zero-order chi connectivity index (χ0) is 11.4. The van der Waals surface area contributed by atoms with Gasteiger partial charge in [-0.05, 0) is 5.92 Å². The first-order valence-corrected chi connectivity index (χ1v) is 5.37. The molecule has 0 amide bonds. The van der Waals surface area contributed by atoms with Crippen molar-refractivity contribution in [1.82, 2.24) is 4.90 Å². The van der Waals surface area contributed by atoms with Gasteiger partial charge in [0, 0.05) is 26.1 Å². The van der Waals surface area contributed by atoms with E-state index in [4.69, 9.17) is 0 Å². The van der Waals surface area contributed by atoms with E-state index in [0.717, 1.165) is 13.1 Å². The van der Waals surface area contributed by atoms with E-state index in [1.807, 2.05) is 0 Å². The van der Waals surface area contributed by atoms with Crippen LogP contribution in [-0.4, -0.2) is 43.4 Å². The van der Waals surface area contributed by atoms with Crippen molar-refractivity contribution >= 4 is 11.8 Å². The first-order chi connectivity index (χ1) is 7.04. The predicted octanol–water partition coefficient (Wildman–Crippen LogP) is 0.706. The second-order valence-electron chi connectivity index (χ2n) is 4.45. The number of methoxy groups -OCH3 is 1. The number of likely N-dealkylation sites (tertiary alicyclic amines) is 1. The second kappa shape index (κ2) is 5.26. The van der Waals surface area contributed by atoms with Crippen molar-refractivity contribution in [2.75, 3.05) is 26.7 Å². The van der Waals surface area contributed by atoms with Crippen LogP contribution < -0.4 is 0 Å². The van der Waals surface area contributed by atoms with Crippen LogP contribution in [0, 0.1) is 11.8 Å². The summed E-state index contributed by atoms with van der Waals surface area (Å²) in [4.78, 5) is 25.0. The van der Waals surface area contributed by atoms with Gasteiger partial charge in [-0.1, -0.05) is 13.8 Å². The normalized spacial score (nSPS) is 23.2. The molecule has 1 rings (SSSR count). The molecule has 0 aromatic rings. The molecule has 0 spiro atoms. The number of hydrogen-bond acceptors (Lipinski definition) is 4. The maximum absolute atomic E-state index is 11.5. The van der Waals surface area contributed by atoms with Gasteiger partial charge in [0.2, 0.25) is 0 Å². The van der Waals surface area contributed by atoms with Crippen LogP contribution in [0.4, 0.5) is 0 Å². The van der Waals surface area contributed by atoms with Crippen molar-refractivity contribution in [3.05, 3.63) is 0 Å². The van der Waals surface area contributed by atoms with Crippen LogP contribution in [0.25, 0.3) is 0 Å². The molecule has 0 aliphatic carbocycles. The summed E-state index contributed by atoms with van der Waals surface area (Å²) in [6.07, 6.45) is 0.465. The maximum Gasteiger partial charge on any atom is 0.317 e. The first kappa shape index (κ1) is 12.2. The first-order valence-electron chi connectivity index (χ1n) is 5.37. The molecule has 1 fully saturated rings. The zero-order valence-corrected chi connectivity index (χ0v) is 9.66. The van der Waals surface area contributed by atoms with Crippen molar-refractivity contribution in [2.45, 2.75) is 20.3 Å². The van der Waals surface area contributed by atoms with Crippen molar-refractivity contribution in [3.8, 4) is 0 Å². The molecular formula is C11H19NO3. The fourth-order valence-corrected chi connectivity index (χ4v) is 1.92. The lowest BCUT2D eigenvalue weighted by Gasteiger charge is -2.31. The molecule has 0 bridgehead atoms. The van der Waals surface area contributed by atoms with Gasteiger partial charge in [-0.3, -0.25) is 9.59 Å². The third-order valence-corrected chi connectivity index (χ3v) is 2.61. The number of carbonyl (C=O) groups is 2. The largest absolute Gasteiger partial charge is 0.468 e. The highest BCUT2D eigenvalue weighted by Gasteiger charge is 2.33. The third kappa shape index (κ3) is 3.30. The lowest BCUT2D eigenvalue weighted by Crippen LogP contribution is -2.45. The molecule has 0 aromatic heterocycles. The zero-order valence-electron chi connectivity index (χ0n) is 9.66. The Balaban J connectivity index is 2.56. The fourth-order valence-electron chi connectivity index (χ4n) is 1.92. The summed E-state index contributed by atoms with van der Waals surface area (Å²) in [6.45, 7) is 6.47. The number of hydrogen-bond donors (Lipinski definition) is 0. The van der Waals surface area contributed by atoms with E-state index in [1.165, 1.54) is 7.11 Å². The van der Waals surface area contributed by atoms with E-state index in [-0.39, 0.29) is 5.78 Å². The highest BCUT2D eigenvalue weighted by molar-refractivity contribution is 5.99. The molecule has 0 radical (unpaired) electrons. The lowest BCUT2D eigenvalue weighted by molar-refractivity contribution is -0.151. The third-order valence-electron chi connectivity index (χ3n) is 2.61. The van der Waals surface area contributed by atoms with Crippen LogP contribution in [0.1, 0.15) is 20.3 Å². The van der Waals surface area contributed by atoms with Gasteiger partial charge >= 0.3 is 5.97 Å². The van der Waals surface area contributed by atoms with Crippen molar-refractivity contribution in [3.63, 3.8) is 0 Å². The van der Waals surface area contributed by atoms with Crippen LogP contribution in [0.2, 0.25) is 0 Å². The van der Waals surface area contributed by atoms with Crippen LogP contribution in [0.3, 0.4) is 0 Å². The molecule has 1 saturated heterocycles. The van der Waals surface area contributed by atoms with E-state index in [9.17, 15) is 9.59 Å². The van der Waals surface area contributed by atoms with E-state index in [1.54, 1.807) is 0 Å². The van der Waals surface area contributed by atoms with Gasteiger partial charge in [0.15, 0.2) is 0 Å². The number of carbonyl (C=O) groups excluding carboxylic acids is 2. The highest BCUT2D eigenvalue weighted by Crippen LogP contribution is 2.15. The SMILES string of the molecule is COC(=O)C1CN(CC(C)C)CCC1=O. The Morgan fingerprint density at radius 2 is 2.27 bits per heavy atom. The number of ether oxygens (including phenoxy) is 1. The van der Waals surface area contributed by atoms with Gasteiger partial charge in [-0.15, -0.1) is 0 Å². The molecule has 1 heterocycles. The second-order valence-corrected chi connectivity index (χ2v) is 4.45. The number of piperidine rings is 1. The standard InChI is InChI=1S/C11H19NO3/c1-8(2)6-12-5-4-10(13)9(7-12)11(14)15-3/h8-9H,4-7H2,1-3H3. The topological polar surface area (TPSA) is 46.6 Å². The highest BCUT2D eigenvalue weighted by atomic mass is 16.5. The molecule has 1 aliphatic heterocycles. The van der Waals surface area contributed by atoms with Crippen molar-refractivity contribution in [1.29, 1.82) is 0 Å². The van der Waals surface area contributed by atoms with Crippen LogP contribution in [0.5, 0.6) is 0 Å². The summed E-state index contributed by atoms with van der Waals surface area (Å²) in [5.74, 6) is -0.394. The molecule has 4 heteroatoms. The Kier molecular flexibility index (Phi) is 4.27. The quantitative estimate of drug-likeness (QED) is 0.511. The monoisotopic (exact) mass is 213 g/mol. The van der Waals surface area contributed by atoms with Gasteiger partial charge in [0.1, 0.15) is 11.7 Å². The predicted molar refractivity (Wildman–Crippen MR) is 56.4 cm³/mol. The minimum atomic E-state index is -0.567. The molecular weight excluding hydrogens is 194 g/mol. The Hall–Kier alpha value is -0.900. The Bertz CT molecular complexity index is 242. The van der Waals surface area contributed by atoms with Gasteiger partial charge in [-0.2, -0.15) is 0 Å². The van der Waals surface area contributed by atoms with Gasteiger partial charge in [0.05, 0.1) is 7.11 Å². The summed E-state index contributed by atoms with van der Waals surface area (Å²) in [7, 11) is 1.33. The number of nitrogens with zero attached hydrogens (tertiary/aromatic N) is 1. The minimum Gasteiger partial charge on any atom is -0.468 e. The van der Waals surface area contributed by atoms with Crippen LogP contribution in [0.15, 0.2) is 0 Å². The Labute approximate surface area is 90.6 Å². The average molecular weight is 213 g/mol. The molecule has 1 unspecified atom stereocenters.